The van der Waals surface area contributed by atoms with Crippen molar-refractivity contribution in [2.24, 2.45) is 11.3 Å². The van der Waals surface area contributed by atoms with E-state index in [0.29, 0.717) is 18.8 Å². The highest BCUT2D eigenvalue weighted by atomic mass is 16.5. The van der Waals surface area contributed by atoms with Crippen molar-refractivity contribution in [3.8, 4) is 0 Å². The van der Waals surface area contributed by atoms with Gasteiger partial charge in [0.05, 0.1) is 12.5 Å². The number of carbonyl (C=O) groups is 2. The first kappa shape index (κ1) is 11.6. The predicted octanol–water partition coefficient (Wildman–Crippen LogP) is 2.48. The number of Topliss-reactive ketones (excluding diaryl/α,β-unsaturated/α-hetero) is 1. The van der Waals surface area contributed by atoms with Gasteiger partial charge in [-0.3, -0.25) is 9.59 Å². The molecule has 0 aromatic heterocycles. The molecule has 2 fully saturated rings. The SMILES string of the molecule is CCCCOC(=O)[C@H]1C[C@@]12CCCCC2=O. The van der Waals surface area contributed by atoms with Crippen LogP contribution in [0.2, 0.25) is 0 Å². The smallest absolute Gasteiger partial charge is 0.309 e. The van der Waals surface area contributed by atoms with Crippen LogP contribution in [0.25, 0.3) is 0 Å². The summed E-state index contributed by atoms with van der Waals surface area (Å²) in [6.07, 6.45) is 6.35. The summed E-state index contributed by atoms with van der Waals surface area (Å²) in [7, 11) is 0. The molecular weight excluding hydrogens is 204 g/mol. The fourth-order valence-corrected chi connectivity index (χ4v) is 2.73. The van der Waals surface area contributed by atoms with Gasteiger partial charge >= 0.3 is 5.97 Å². The lowest BCUT2D eigenvalue weighted by Gasteiger charge is -2.20. The van der Waals surface area contributed by atoms with Crippen LogP contribution >= 0.6 is 0 Å². The van der Waals surface area contributed by atoms with Gasteiger partial charge in [0.2, 0.25) is 0 Å². The number of carbonyl (C=O) groups excluding carboxylic acids is 2. The van der Waals surface area contributed by atoms with Gasteiger partial charge < -0.3 is 4.74 Å². The average molecular weight is 224 g/mol. The summed E-state index contributed by atoms with van der Waals surface area (Å²) >= 11 is 0. The molecule has 0 radical (unpaired) electrons. The second-order valence-corrected chi connectivity index (χ2v) is 5.06. The highest BCUT2D eigenvalue weighted by Gasteiger charge is 2.63. The third kappa shape index (κ3) is 2.00. The van der Waals surface area contributed by atoms with Crippen LogP contribution in [-0.2, 0) is 14.3 Å². The van der Waals surface area contributed by atoms with Gasteiger partial charge in [-0.15, -0.1) is 0 Å². The van der Waals surface area contributed by atoms with E-state index >= 15 is 0 Å². The lowest BCUT2D eigenvalue weighted by Crippen LogP contribution is -2.25. The van der Waals surface area contributed by atoms with Crippen molar-refractivity contribution in [3.63, 3.8) is 0 Å². The topological polar surface area (TPSA) is 43.4 Å². The van der Waals surface area contributed by atoms with Crippen molar-refractivity contribution in [1.29, 1.82) is 0 Å². The van der Waals surface area contributed by atoms with Crippen molar-refractivity contribution in [1.82, 2.24) is 0 Å². The molecule has 0 saturated heterocycles. The van der Waals surface area contributed by atoms with E-state index in [4.69, 9.17) is 4.74 Å². The molecule has 0 N–H and O–H groups in total. The molecule has 1 spiro atoms. The molecule has 16 heavy (non-hydrogen) atoms. The predicted molar refractivity (Wildman–Crippen MR) is 59.9 cm³/mol. The highest BCUT2D eigenvalue weighted by molar-refractivity contribution is 5.95. The summed E-state index contributed by atoms with van der Waals surface area (Å²) in [4.78, 5) is 23.5. The van der Waals surface area contributed by atoms with Crippen LogP contribution < -0.4 is 0 Å². The number of unbranched alkanes of at least 4 members (excludes halogenated alkanes) is 1. The summed E-state index contributed by atoms with van der Waals surface area (Å²) in [5.74, 6) is 0.0528. The fraction of sp³-hybridized carbons (Fsp3) is 0.846. The Labute approximate surface area is 96.5 Å². The minimum absolute atomic E-state index is 0.114. The Morgan fingerprint density at radius 1 is 1.50 bits per heavy atom. The van der Waals surface area contributed by atoms with Crippen LogP contribution in [0.5, 0.6) is 0 Å². The van der Waals surface area contributed by atoms with E-state index in [0.717, 1.165) is 38.5 Å². The van der Waals surface area contributed by atoms with Gasteiger partial charge in [0.25, 0.3) is 0 Å². The Hall–Kier alpha value is -0.860. The zero-order valence-electron chi connectivity index (χ0n) is 9.96. The molecule has 0 heterocycles. The Balaban J connectivity index is 1.84. The monoisotopic (exact) mass is 224 g/mol. The van der Waals surface area contributed by atoms with Gasteiger partial charge in [0, 0.05) is 11.8 Å². The Kier molecular flexibility index (Phi) is 3.31. The molecule has 90 valence electrons. The molecule has 0 amide bonds. The molecule has 2 aliphatic rings. The third-order valence-electron chi connectivity index (χ3n) is 3.93. The maximum atomic E-state index is 11.8. The number of esters is 1. The van der Waals surface area contributed by atoms with Crippen LogP contribution in [0.1, 0.15) is 51.9 Å². The second kappa shape index (κ2) is 4.56. The zero-order chi connectivity index (χ0) is 11.6. The van der Waals surface area contributed by atoms with Crippen LogP contribution in [0.4, 0.5) is 0 Å². The van der Waals surface area contributed by atoms with E-state index in [1.165, 1.54) is 0 Å². The fourth-order valence-electron chi connectivity index (χ4n) is 2.73. The van der Waals surface area contributed by atoms with Crippen LogP contribution in [0.15, 0.2) is 0 Å². The molecule has 0 aromatic carbocycles. The first-order chi connectivity index (χ1) is 7.70. The first-order valence-electron chi connectivity index (χ1n) is 6.40. The number of ether oxygens (including phenoxy) is 1. The summed E-state index contributed by atoms with van der Waals surface area (Å²) in [5.41, 5.74) is -0.290. The normalized spacial score (nSPS) is 32.8. The van der Waals surface area contributed by atoms with Crippen molar-refractivity contribution < 1.29 is 14.3 Å². The molecule has 2 atom stereocenters. The number of rotatable bonds is 4. The molecule has 2 saturated carbocycles. The van der Waals surface area contributed by atoms with Crippen molar-refractivity contribution >= 4 is 11.8 Å². The van der Waals surface area contributed by atoms with E-state index in [1.54, 1.807) is 0 Å². The quantitative estimate of drug-likeness (QED) is 0.544. The van der Waals surface area contributed by atoms with E-state index in [2.05, 4.69) is 6.92 Å². The molecule has 0 unspecified atom stereocenters. The average Bonchev–Trinajstić information content (AvgIpc) is 2.99. The third-order valence-corrected chi connectivity index (χ3v) is 3.93. The van der Waals surface area contributed by atoms with E-state index in [9.17, 15) is 9.59 Å². The standard InChI is InChI=1S/C13H20O3/c1-2-3-8-16-12(15)10-9-13(10)7-5-4-6-11(13)14/h10H,2-9H2,1H3/t10-,13+/m1/s1. The maximum absolute atomic E-state index is 11.8. The minimum Gasteiger partial charge on any atom is -0.465 e. The van der Waals surface area contributed by atoms with E-state index in [-0.39, 0.29) is 17.3 Å². The first-order valence-corrected chi connectivity index (χ1v) is 6.40. The van der Waals surface area contributed by atoms with Gasteiger partial charge in [-0.05, 0) is 25.7 Å². The van der Waals surface area contributed by atoms with Crippen LogP contribution in [-0.4, -0.2) is 18.4 Å². The lowest BCUT2D eigenvalue weighted by molar-refractivity contribution is -0.148. The van der Waals surface area contributed by atoms with Gasteiger partial charge in [-0.25, -0.2) is 0 Å². The van der Waals surface area contributed by atoms with E-state index in [1.807, 2.05) is 0 Å². The number of hydrogen-bond donors (Lipinski definition) is 0. The summed E-state index contributed by atoms with van der Waals surface area (Å²) in [6.45, 7) is 2.58. The maximum Gasteiger partial charge on any atom is 0.309 e. The second-order valence-electron chi connectivity index (χ2n) is 5.06. The molecular formula is C13H20O3. The molecule has 0 bridgehead atoms. The minimum atomic E-state index is -0.290. The number of hydrogen-bond acceptors (Lipinski definition) is 3. The van der Waals surface area contributed by atoms with Crippen LogP contribution in [0, 0.1) is 11.3 Å². The summed E-state index contributed by atoms with van der Waals surface area (Å²) in [6, 6.07) is 0. The highest BCUT2D eigenvalue weighted by Crippen LogP contribution is 2.59. The molecule has 2 aliphatic carbocycles. The van der Waals surface area contributed by atoms with Gasteiger partial charge in [-0.1, -0.05) is 19.8 Å². The van der Waals surface area contributed by atoms with E-state index < -0.39 is 0 Å². The van der Waals surface area contributed by atoms with Crippen molar-refractivity contribution in [3.05, 3.63) is 0 Å². The van der Waals surface area contributed by atoms with Gasteiger partial charge in [0.1, 0.15) is 5.78 Å². The molecule has 0 aromatic rings. The Morgan fingerprint density at radius 2 is 2.31 bits per heavy atom. The van der Waals surface area contributed by atoms with Crippen molar-refractivity contribution in [2.45, 2.75) is 51.9 Å². The summed E-state index contributed by atoms with van der Waals surface area (Å²) < 4.78 is 5.19. The zero-order valence-corrected chi connectivity index (χ0v) is 9.96. The Bertz CT molecular complexity index is 298. The number of ketones is 1. The molecule has 3 heteroatoms. The van der Waals surface area contributed by atoms with Gasteiger partial charge in [0.15, 0.2) is 0 Å². The van der Waals surface area contributed by atoms with Gasteiger partial charge in [-0.2, -0.15) is 0 Å². The summed E-state index contributed by atoms with van der Waals surface area (Å²) in [5, 5.41) is 0. The van der Waals surface area contributed by atoms with Crippen molar-refractivity contribution in [2.75, 3.05) is 6.61 Å². The van der Waals surface area contributed by atoms with Crippen LogP contribution in [0.3, 0.4) is 0 Å². The molecule has 3 nitrogen and oxygen atoms in total. The Morgan fingerprint density at radius 3 is 3.00 bits per heavy atom. The molecule has 0 aliphatic heterocycles. The largest absolute Gasteiger partial charge is 0.465 e. The lowest BCUT2D eigenvalue weighted by atomic mass is 9.83. The molecule has 2 rings (SSSR count).